The second kappa shape index (κ2) is 9.36. The molecule has 0 saturated carbocycles. The lowest BCUT2D eigenvalue weighted by Gasteiger charge is -2.31. The fourth-order valence-corrected chi connectivity index (χ4v) is 4.25. The molecule has 0 radical (unpaired) electrons. The van der Waals surface area contributed by atoms with Gasteiger partial charge in [0.25, 0.3) is 0 Å². The Morgan fingerprint density at radius 3 is 2.47 bits per heavy atom. The molecule has 1 N–H and O–H groups in total. The smallest absolute Gasteiger partial charge is 0.317 e. The molecule has 0 unspecified atom stereocenters. The number of carbonyl (C=O) groups is 1. The van der Waals surface area contributed by atoms with Gasteiger partial charge in [-0.05, 0) is 30.7 Å². The highest BCUT2D eigenvalue weighted by Gasteiger charge is 2.25. The number of amides is 2. The summed E-state index contributed by atoms with van der Waals surface area (Å²) in [6.45, 7) is 3.16. The molecule has 0 bridgehead atoms. The van der Waals surface area contributed by atoms with Crippen LogP contribution in [0.4, 0.5) is 4.79 Å². The molecule has 0 saturated heterocycles. The van der Waals surface area contributed by atoms with Crippen molar-refractivity contribution in [3.63, 3.8) is 0 Å². The molecule has 2 aromatic carbocycles. The first-order chi connectivity index (χ1) is 14.3. The highest BCUT2D eigenvalue weighted by molar-refractivity contribution is 7.89. The minimum absolute atomic E-state index is 0.101. The molecule has 1 aliphatic rings. The van der Waals surface area contributed by atoms with Crippen molar-refractivity contribution in [1.29, 1.82) is 0 Å². The number of carbonyl (C=O) groups excluding carboxylic acids is 1. The average molecular weight is 434 g/mol. The number of fused-ring (bicyclic) bond motifs is 1. The molecule has 0 fully saturated rings. The maximum Gasteiger partial charge on any atom is 0.317 e. The molecule has 0 aliphatic carbocycles. The van der Waals surface area contributed by atoms with Gasteiger partial charge >= 0.3 is 6.03 Å². The lowest BCUT2D eigenvalue weighted by molar-refractivity contribution is 0.0675. The minimum atomic E-state index is -3.60. The van der Waals surface area contributed by atoms with Gasteiger partial charge in [-0.1, -0.05) is 30.3 Å². The molecular weight excluding hydrogens is 406 g/mol. The van der Waals surface area contributed by atoms with E-state index in [0.717, 1.165) is 4.31 Å². The first-order valence-corrected chi connectivity index (χ1v) is 11.2. The van der Waals surface area contributed by atoms with E-state index in [1.807, 2.05) is 31.2 Å². The van der Waals surface area contributed by atoms with E-state index in [9.17, 15) is 13.2 Å². The van der Waals surface area contributed by atoms with Crippen molar-refractivity contribution in [2.24, 2.45) is 0 Å². The molecule has 9 heteroatoms. The van der Waals surface area contributed by atoms with Crippen LogP contribution in [0.1, 0.15) is 12.5 Å². The molecule has 0 aromatic heterocycles. The van der Waals surface area contributed by atoms with Crippen molar-refractivity contribution in [3.05, 3.63) is 54.1 Å². The van der Waals surface area contributed by atoms with Gasteiger partial charge in [0.1, 0.15) is 6.61 Å². The van der Waals surface area contributed by atoms with E-state index < -0.39 is 10.0 Å². The third kappa shape index (κ3) is 4.85. The summed E-state index contributed by atoms with van der Waals surface area (Å²) in [6.07, 6.45) is -0.285. The Morgan fingerprint density at radius 1 is 1.10 bits per heavy atom. The second-order valence-corrected chi connectivity index (χ2v) is 9.21. The Bertz CT molecular complexity index is 994. The zero-order valence-electron chi connectivity index (χ0n) is 17.4. The average Bonchev–Trinajstić information content (AvgIpc) is 2.75. The first-order valence-electron chi connectivity index (χ1n) is 9.74. The number of nitrogens with zero attached hydrogens (tertiary/aromatic N) is 2. The third-order valence-corrected chi connectivity index (χ3v) is 6.74. The number of rotatable bonds is 7. The predicted molar refractivity (Wildman–Crippen MR) is 113 cm³/mol. The summed E-state index contributed by atoms with van der Waals surface area (Å²) < 4.78 is 37.9. The van der Waals surface area contributed by atoms with Crippen molar-refractivity contribution in [2.45, 2.75) is 24.5 Å². The van der Waals surface area contributed by atoms with Crippen LogP contribution in [0.15, 0.2) is 53.4 Å². The van der Waals surface area contributed by atoms with Crippen molar-refractivity contribution in [2.75, 3.05) is 33.8 Å². The fraction of sp³-hybridized carbons (Fsp3) is 0.381. The quantitative estimate of drug-likeness (QED) is 0.724. The van der Waals surface area contributed by atoms with E-state index in [1.165, 1.54) is 14.1 Å². The van der Waals surface area contributed by atoms with Gasteiger partial charge in [-0.25, -0.2) is 17.5 Å². The molecule has 8 nitrogen and oxygen atoms in total. The van der Waals surface area contributed by atoms with Crippen molar-refractivity contribution in [1.82, 2.24) is 14.5 Å². The molecule has 2 amide bonds. The van der Waals surface area contributed by atoms with E-state index in [2.05, 4.69) is 5.32 Å². The molecular formula is C21H27N3O5S. The summed E-state index contributed by atoms with van der Waals surface area (Å²) in [6, 6.07) is 13.8. The van der Waals surface area contributed by atoms with Gasteiger partial charge in [0, 0.05) is 27.2 Å². The van der Waals surface area contributed by atoms with Gasteiger partial charge in [0.05, 0.1) is 11.4 Å². The molecule has 0 spiro atoms. The lowest BCUT2D eigenvalue weighted by atomic mass is 10.2. The van der Waals surface area contributed by atoms with Crippen molar-refractivity contribution >= 4 is 16.1 Å². The lowest BCUT2D eigenvalue weighted by Crippen LogP contribution is -2.47. The third-order valence-electron chi connectivity index (χ3n) is 4.82. The number of likely N-dealkylation sites (N-methyl/N-ethyl adjacent to an activating group) is 1. The fourth-order valence-electron chi connectivity index (χ4n) is 3.14. The Morgan fingerprint density at radius 2 is 1.77 bits per heavy atom. The zero-order chi connectivity index (χ0) is 21.7. The van der Waals surface area contributed by atoms with Gasteiger partial charge in [-0.2, -0.15) is 0 Å². The summed E-state index contributed by atoms with van der Waals surface area (Å²) in [4.78, 5) is 14.5. The van der Waals surface area contributed by atoms with Gasteiger partial charge in [0.15, 0.2) is 17.6 Å². The molecule has 1 atom stereocenters. The molecule has 1 aliphatic heterocycles. The highest BCUT2D eigenvalue weighted by atomic mass is 32.2. The number of urea groups is 1. The largest absolute Gasteiger partial charge is 0.486 e. The Kier molecular flexibility index (Phi) is 6.84. The molecule has 162 valence electrons. The zero-order valence-corrected chi connectivity index (χ0v) is 18.2. The maximum atomic E-state index is 12.7. The van der Waals surface area contributed by atoms with Crippen molar-refractivity contribution in [3.8, 4) is 11.5 Å². The highest BCUT2D eigenvalue weighted by Crippen LogP contribution is 2.31. The SMILES string of the molecule is CCN(C[C@H]1COc2ccccc2O1)C(=O)NCc1ccccc1S(=O)(=O)N(C)C. The number of para-hydroxylation sites is 2. The van der Waals surface area contributed by atoms with Crippen LogP contribution >= 0.6 is 0 Å². The summed E-state index contributed by atoms with van der Waals surface area (Å²) in [5.41, 5.74) is 0.529. The van der Waals surface area contributed by atoms with E-state index in [0.29, 0.717) is 36.8 Å². The van der Waals surface area contributed by atoms with Crippen LogP contribution in [0, 0.1) is 0 Å². The molecule has 2 aromatic rings. The standard InChI is InChI=1S/C21H27N3O5S/c1-4-24(14-17-15-28-18-10-6-7-11-19(18)29-17)21(25)22-13-16-9-5-8-12-20(16)30(26,27)23(2)3/h5-12,17H,4,13-15H2,1-3H3,(H,22,25)/t17-/m0/s1. The van der Waals surface area contributed by atoms with E-state index in [4.69, 9.17) is 9.47 Å². The number of nitrogens with one attached hydrogen (secondary N) is 1. The molecule has 30 heavy (non-hydrogen) atoms. The molecule has 1 heterocycles. The maximum absolute atomic E-state index is 12.7. The monoisotopic (exact) mass is 433 g/mol. The number of benzene rings is 2. The van der Waals surface area contributed by atoms with Gasteiger partial charge < -0.3 is 19.7 Å². The number of hydrogen-bond acceptors (Lipinski definition) is 5. The van der Waals surface area contributed by atoms with Crippen LogP contribution in [-0.2, 0) is 16.6 Å². The summed E-state index contributed by atoms with van der Waals surface area (Å²) in [5.74, 6) is 1.35. The Balaban J connectivity index is 1.63. The summed E-state index contributed by atoms with van der Waals surface area (Å²) in [7, 11) is -0.640. The Labute approximate surface area is 177 Å². The number of sulfonamides is 1. The minimum Gasteiger partial charge on any atom is -0.486 e. The van der Waals surface area contributed by atoms with E-state index in [1.54, 1.807) is 29.2 Å². The van der Waals surface area contributed by atoms with Gasteiger partial charge in [0.2, 0.25) is 10.0 Å². The van der Waals surface area contributed by atoms with Gasteiger partial charge in [-0.15, -0.1) is 0 Å². The number of hydrogen-bond donors (Lipinski definition) is 1. The van der Waals surface area contributed by atoms with Crippen LogP contribution in [-0.4, -0.2) is 63.5 Å². The molecule has 3 rings (SSSR count). The van der Waals surface area contributed by atoms with Gasteiger partial charge in [-0.3, -0.25) is 0 Å². The van der Waals surface area contributed by atoms with E-state index in [-0.39, 0.29) is 23.6 Å². The Hall–Kier alpha value is -2.78. The summed E-state index contributed by atoms with van der Waals surface area (Å²) >= 11 is 0. The predicted octanol–water partition coefficient (Wildman–Crippen LogP) is 2.31. The van der Waals surface area contributed by atoms with E-state index >= 15 is 0 Å². The normalized spacial score (nSPS) is 15.7. The van der Waals surface area contributed by atoms with Crippen LogP contribution in [0.2, 0.25) is 0 Å². The first kappa shape index (κ1) is 21.9. The van der Waals surface area contributed by atoms with Crippen molar-refractivity contribution < 1.29 is 22.7 Å². The number of ether oxygens (including phenoxy) is 2. The van der Waals surface area contributed by atoms with Crippen LogP contribution in [0.25, 0.3) is 0 Å². The summed E-state index contributed by atoms with van der Waals surface area (Å²) in [5, 5.41) is 2.82. The van der Waals surface area contributed by atoms with Crippen LogP contribution < -0.4 is 14.8 Å². The van der Waals surface area contributed by atoms with Crippen LogP contribution in [0.5, 0.6) is 11.5 Å². The second-order valence-electron chi connectivity index (χ2n) is 7.09. The topological polar surface area (TPSA) is 88.2 Å². The van der Waals surface area contributed by atoms with Crippen LogP contribution in [0.3, 0.4) is 0 Å².